The van der Waals surface area contributed by atoms with Gasteiger partial charge >= 0.3 is 12.3 Å². The third-order valence-electron chi connectivity index (χ3n) is 6.91. The summed E-state index contributed by atoms with van der Waals surface area (Å²) in [6.07, 6.45) is -4.12. The number of amides is 1. The number of fused-ring (bicyclic) bond motifs is 1. The standard InChI is InChI=1S/C30H30ClF3N2O6/c1-17(29(38)39)9-11-41-24-14-21(13-23(15-24)40-3)35-27(25-7-5-20(31)12-18(25)2)28(37)36-10-8-19-4-6-22(16-26(19)36)42-30(32,33)34/h4-7,12-17,27,35H,8-11H2,1-3H3,(H,38,39). The van der Waals surface area contributed by atoms with Gasteiger partial charge in [-0.1, -0.05) is 30.7 Å². The average Bonchev–Trinajstić information content (AvgIpc) is 3.33. The van der Waals surface area contributed by atoms with Crippen LogP contribution in [0.15, 0.2) is 54.6 Å². The van der Waals surface area contributed by atoms with Crippen molar-refractivity contribution in [3.05, 3.63) is 76.3 Å². The number of methoxy groups -OCH3 is 1. The Morgan fingerprint density at radius 3 is 2.48 bits per heavy atom. The van der Waals surface area contributed by atoms with E-state index in [0.29, 0.717) is 39.9 Å². The van der Waals surface area contributed by atoms with Gasteiger partial charge in [0, 0.05) is 41.5 Å². The fourth-order valence-corrected chi connectivity index (χ4v) is 4.90. The highest BCUT2D eigenvalue weighted by atomic mass is 35.5. The number of anilines is 2. The van der Waals surface area contributed by atoms with Gasteiger partial charge < -0.3 is 29.5 Å². The molecule has 4 rings (SSSR count). The number of carboxylic acids is 1. The molecule has 2 atom stereocenters. The number of carbonyl (C=O) groups excluding carboxylic acids is 1. The fourth-order valence-electron chi connectivity index (χ4n) is 4.68. The zero-order valence-corrected chi connectivity index (χ0v) is 23.9. The Morgan fingerprint density at radius 2 is 1.81 bits per heavy atom. The quantitative estimate of drug-likeness (QED) is 0.248. The van der Waals surface area contributed by atoms with Gasteiger partial charge in [0.2, 0.25) is 0 Å². The number of hydrogen-bond donors (Lipinski definition) is 2. The molecular weight excluding hydrogens is 577 g/mol. The lowest BCUT2D eigenvalue weighted by molar-refractivity contribution is -0.274. The molecule has 1 aliphatic heterocycles. The lowest BCUT2D eigenvalue weighted by Crippen LogP contribution is -2.37. The van der Waals surface area contributed by atoms with Gasteiger partial charge in [0.05, 0.1) is 25.3 Å². The largest absolute Gasteiger partial charge is 0.573 e. The molecule has 0 saturated carbocycles. The van der Waals surface area contributed by atoms with E-state index < -0.39 is 35.9 Å². The van der Waals surface area contributed by atoms with Gasteiger partial charge in [-0.3, -0.25) is 9.59 Å². The second-order valence-electron chi connectivity index (χ2n) is 9.93. The Labute approximate surface area is 245 Å². The summed E-state index contributed by atoms with van der Waals surface area (Å²) in [5.74, 6) is -1.50. The van der Waals surface area contributed by atoms with E-state index in [9.17, 15) is 22.8 Å². The van der Waals surface area contributed by atoms with E-state index in [0.717, 1.165) is 11.1 Å². The first kappa shape index (κ1) is 30.8. The van der Waals surface area contributed by atoms with Gasteiger partial charge in [0.25, 0.3) is 5.91 Å². The Bertz CT molecular complexity index is 1470. The highest BCUT2D eigenvalue weighted by Gasteiger charge is 2.35. The normalized spacial score (nSPS) is 14.1. The molecule has 0 bridgehead atoms. The molecule has 0 radical (unpaired) electrons. The van der Waals surface area contributed by atoms with Crippen molar-refractivity contribution in [3.63, 3.8) is 0 Å². The zero-order valence-electron chi connectivity index (χ0n) is 23.1. The van der Waals surface area contributed by atoms with Crippen LogP contribution >= 0.6 is 11.6 Å². The summed E-state index contributed by atoms with van der Waals surface area (Å²) < 4.78 is 54.0. The number of alkyl halides is 3. The highest BCUT2D eigenvalue weighted by Crippen LogP contribution is 2.37. The predicted molar refractivity (Wildman–Crippen MR) is 152 cm³/mol. The molecule has 42 heavy (non-hydrogen) atoms. The van der Waals surface area contributed by atoms with E-state index in [4.69, 9.17) is 26.2 Å². The maximum Gasteiger partial charge on any atom is 0.573 e. The van der Waals surface area contributed by atoms with Crippen molar-refractivity contribution >= 4 is 34.9 Å². The second kappa shape index (κ2) is 12.8. The molecule has 224 valence electrons. The summed E-state index contributed by atoms with van der Waals surface area (Å²) >= 11 is 6.18. The average molecular weight is 607 g/mol. The van der Waals surface area contributed by atoms with Crippen molar-refractivity contribution in [2.45, 2.75) is 39.1 Å². The molecule has 3 aromatic carbocycles. The van der Waals surface area contributed by atoms with Crippen LogP contribution in [0.5, 0.6) is 17.2 Å². The summed E-state index contributed by atoms with van der Waals surface area (Å²) in [6, 6.07) is 13.1. The van der Waals surface area contributed by atoms with Crippen molar-refractivity contribution in [3.8, 4) is 17.2 Å². The van der Waals surface area contributed by atoms with Crippen molar-refractivity contribution in [1.82, 2.24) is 0 Å². The number of benzene rings is 3. The number of ether oxygens (including phenoxy) is 3. The van der Waals surface area contributed by atoms with Crippen LogP contribution in [0.25, 0.3) is 0 Å². The number of halogens is 4. The number of aliphatic carboxylic acids is 1. The zero-order chi connectivity index (χ0) is 30.6. The molecule has 2 N–H and O–H groups in total. The molecule has 8 nitrogen and oxygen atoms in total. The van der Waals surface area contributed by atoms with E-state index in [-0.39, 0.29) is 19.6 Å². The minimum Gasteiger partial charge on any atom is -0.497 e. The lowest BCUT2D eigenvalue weighted by Gasteiger charge is -2.27. The first-order valence-electron chi connectivity index (χ1n) is 13.1. The van der Waals surface area contributed by atoms with Crippen LogP contribution < -0.4 is 24.4 Å². The third-order valence-corrected chi connectivity index (χ3v) is 7.14. The number of rotatable bonds is 11. The van der Waals surface area contributed by atoms with Gasteiger partial charge in [-0.05, 0) is 54.7 Å². The van der Waals surface area contributed by atoms with Crippen LogP contribution in [0.3, 0.4) is 0 Å². The molecule has 3 aromatic rings. The van der Waals surface area contributed by atoms with Gasteiger partial charge in [-0.25, -0.2) is 0 Å². The van der Waals surface area contributed by atoms with Crippen LogP contribution in [0.1, 0.15) is 36.1 Å². The minimum absolute atomic E-state index is 0.144. The van der Waals surface area contributed by atoms with Crippen molar-refractivity contribution in [2.24, 2.45) is 5.92 Å². The number of nitrogens with one attached hydrogen (secondary N) is 1. The Hall–Kier alpha value is -4.12. The molecule has 0 aromatic heterocycles. The maximum absolute atomic E-state index is 14.1. The fraction of sp³-hybridized carbons (Fsp3) is 0.333. The first-order chi connectivity index (χ1) is 19.8. The molecule has 1 heterocycles. The summed E-state index contributed by atoms with van der Waals surface area (Å²) in [4.78, 5) is 26.7. The van der Waals surface area contributed by atoms with E-state index in [1.807, 2.05) is 0 Å². The number of aryl methyl sites for hydroxylation is 1. The molecule has 0 fully saturated rings. The lowest BCUT2D eigenvalue weighted by atomic mass is 9.99. The molecule has 1 aliphatic rings. The SMILES string of the molecule is COc1cc(NC(C(=O)N2CCc3ccc(OC(F)(F)F)cc32)c2ccc(Cl)cc2C)cc(OCCC(C)C(=O)O)c1. The van der Waals surface area contributed by atoms with Gasteiger partial charge in [0.1, 0.15) is 23.3 Å². The smallest absolute Gasteiger partial charge is 0.497 e. The number of carboxylic acid groups (broad SMARTS) is 1. The molecule has 0 saturated heterocycles. The van der Waals surface area contributed by atoms with Crippen LogP contribution in [-0.4, -0.2) is 43.6 Å². The first-order valence-corrected chi connectivity index (χ1v) is 13.5. The van der Waals surface area contributed by atoms with Gasteiger partial charge in [-0.15, -0.1) is 13.2 Å². The minimum atomic E-state index is -4.87. The monoisotopic (exact) mass is 606 g/mol. The van der Waals surface area contributed by atoms with Gasteiger partial charge in [-0.2, -0.15) is 0 Å². The van der Waals surface area contributed by atoms with Crippen LogP contribution in [-0.2, 0) is 16.0 Å². The third kappa shape index (κ3) is 7.58. The van der Waals surface area contributed by atoms with Crippen LogP contribution in [0.4, 0.5) is 24.5 Å². The molecular formula is C30H30ClF3N2O6. The number of carbonyl (C=O) groups is 2. The summed E-state index contributed by atoms with van der Waals surface area (Å²) in [6.45, 7) is 3.80. The van der Waals surface area contributed by atoms with Crippen molar-refractivity contribution < 1.29 is 42.1 Å². The molecule has 0 spiro atoms. The van der Waals surface area contributed by atoms with E-state index >= 15 is 0 Å². The molecule has 0 aliphatic carbocycles. The predicted octanol–water partition coefficient (Wildman–Crippen LogP) is 6.79. The van der Waals surface area contributed by atoms with E-state index in [1.54, 1.807) is 50.2 Å². The highest BCUT2D eigenvalue weighted by molar-refractivity contribution is 6.30. The molecule has 12 heteroatoms. The van der Waals surface area contributed by atoms with Gasteiger partial charge in [0.15, 0.2) is 0 Å². The number of nitrogens with zero attached hydrogens (tertiary/aromatic N) is 1. The van der Waals surface area contributed by atoms with Crippen molar-refractivity contribution in [1.29, 1.82) is 0 Å². The Kier molecular flexibility index (Phi) is 9.40. The second-order valence-corrected chi connectivity index (χ2v) is 10.4. The van der Waals surface area contributed by atoms with Crippen LogP contribution in [0.2, 0.25) is 5.02 Å². The summed E-state index contributed by atoms with van der Waals surface area (Å²) in [5.41, 5.74) is 2.86. The topological polar surface area (TPSA) is 97.3 Å². The molecule has 2 unspecified atom stereocenters. The Balaban J connectivity index is 1.67. The van der Waals surface area contributed by atoms with Crippen LogP contribution in [0, 0.1) is 12.8 Å². The molecule has 1 amide bonds. The number of hydrogen-bond acceptors (Lipinski definition) is 6. The Morgan fingerprint density at radius 1 is 1.07 bits per heavy atom. The summed E-state index contributed by atoms with van der Waals surface area (Å²) in [5, 5.41) is 12.9. The van der Waals surface area contributed by atoms with E-state index in [2.05, 4.69) is 10.1 Å². The maximum atomic E-state index is 14.1. The summed E-state index contributed by atoms with van der Waals surface area (Å²) in [7, 11) is 1.48. The van der Waals surface area contributed by atoms with Crippen molar-refractivity contribution in [2.75, 3.05) is 30.5 Å². The van der Waals surface area contributed by atoms with E-state index in [1.165, 1.54) is 30.2 Å².